The van der Waals surface area contributed by atoms with Gasteiger partial charge in [-0.05, 0) is 87.2 Å². The molecule has 0 atom stereocenters. The van der Waals surface area contributed by atoms with Crippen LogP contribution in [0.5, 0.6) is 34.5 Å². The molecular weight excluding hydrogens is 702 g/mol. The molecule has 3 aromatic rings. The fourth-order valence-electron chi connectivity index (χ4n) is 6.35. The van der Waals surface area contributed by atoms with Crippen LogP contribution in [0, 0.1) is 24.0 Å². The first-order valence-corrected chi connectivity index (χ1v) is 17.8. The van der Waals surface area contributed by atoms with Crippen LogP contribution in [0.1, 0.15) is 56.7 Å². The summed E-state index contributed by atoms with van der Waals surface area (Å²) in [5.41, 5.74) is 2.81. The van der Waals surface area contributed by atoms with Crippen molar-refractivity contribution in [2.75, 3.05) is 88.0 Å². The number of nitro benzene ring substituents is 1. The zero-order valence-corrected chi connectivity index (χ0v) is 32.2. The summed E-state index contributed by atoms with van der Waals surface area (Å²) in [4.78, 5) is 41.4. The lowest BCUT2D eigenvalue weighted by Gasteiger charge is -2.21. The Morgan fingerprint density at radius 1 is 0.648 bits per heavy atom. The van der Waals surface area contributed by atoms with Crippen molar-refractivity contribution >= 4 is 17.6 Å². The standard InChI is InChI=1S/C39H51N3O12/c1-26-19-30(42(45)46)20-27(2)31(26)25-54-35-24-29(23-34(49-5)37(35)51-7)39(44)53-18-10-14-41-12-8-11-40(15-16-41)13-9-17-52-38(43)28-21-32(47-3)36(50-6)33(22-28)48-4/h19-24H,8-18,25H2,1-7H3. The number of ether oxygens (including phenoxy) is 8. The number of carbonyl (C=O) groups excluding carboxylic acids is 2. The SMILES string of the molecule is COc1cc(C(=O)OCCCN2CCCN(CCCOC(=O)c3cc(OC)c(OC)c(OCc4c(C)cc([N+](=O)[O-])cc4C)c3)CC2)cc(OC)c1OC. The van der Waals surface area contributed by atoms with E-state index in [-0.39, 0.29) is 36.8 Å². The average Bonchev–Trinajstić information content (AvgIpc) is 3.41. The van der Waals surface area contributed by atoms with Crippen molar-refractivity contribution in [1.82, 2.24) is 9.80 Å². The predicted octanol–water partition coefficient (Wildman–Crippen LogP) is 5.64. The predicted molar refractivity (Wildman–Crippen MR) is 200 cm³/mol. The number of non-ortho nitro benzene ring substituents is 1. The fraction of sp³-hybridized carbons (Fsp3) is 0.487. The Morgan fingerprint density at radius 2 is 1.07 bits per heavy atom. The lowest BCUT2D eigenvalue weighted by molar-refractivity contribution is -0.385. The topological polar surface area (TPSA) is 158 Å². The van der Waals surface area contributed by atoms with Gasteiger partial charge in [0, 0.05) is 38.3 Å². The first-order chi connectivity index (χ1) is 26.0. The van der Waals surface area contributed by atoms with Crippen molar-refractivity contribution in [3.63, 3.8) is 0 Å². The van der Waals surface area contributed by atoms with Crippen LogP contribution >= 0.6 is 0 Å². The molecule has 0 saturated carbocycles. The molecule has 54 heavy (non-hydrogen) atoms. The summed E-state index contributed by atoms with van der Waals surface area (Å²) in [5, 5.41) is 11.3. The van der Waals surface area contributed by atoms with Gasteiger partial charge in [0.05, 0.1) is 64.8 Å². The van der Waals surface area contributed by atoms with Crippen LogP contribution in [0.25, 0.3) is 0 Å². The molecule has 0 aliphatic carbocycles. The van der Waals surface area contributed by atoms with Gasteiger partial charge >= 0.3 is 11.9 Å². The van der Waals surface area contributed by atoms with Crippen molar-refractivity contribution < 1.29 is 52.4 Å². The Bertz CT molecular complexity index is 1720. The number of benzene rings is 3. The summed E-state index contributed by atoms with van der Waals surface area (Å²) < 4.78 is 44.3. The minimum Gasteiger partial charge on any atom is -0.493 e. The maximum Gasteiger partial charge on any atom is 0.338 e. The maximum absolute atomic E-state index is 13.1. The summed E-state index contributed by atoms with van der Waals surface area (Å²) in [5.74, 6) is 1.12. The van der Waals surface area contributed by atoms with Gasteiger partial charge in [-0.25, -0.2) is 9.59 Å². The molecule has 294 valence electrons. The molecule has 1 aliphatic heterocycles. The molecule has 1 heterocycles. The van der Waals surface area contributed by atoms with Crippen molar-refractivity contribution in [2.45, 2.75) is 39.7 Å². The van der Waals surface area contributed by atoms with Crippen LogP contribution < -0.4 is 28.4 Å². The van der Waals surface area contributed by atoms with E-state index in [9.17, 15) is 19.7 Å². The molecule has 0 radical (unpaired) electrons. The monoisotopic (exact) mass is 753 g/mol. The van der Waals surface area contributed by atoms with Gasteiger partial charge in [0.1, 0.15) is 6.61 Å². The fourth-order valence-corrected chi connectivity index (χ4v) is 6.35. The van der Waals surface area contributed by atoms with Crippen LogP contribution in [-0.4, -0.2) is 115 Å². The van der Waals surface area contributed by atoms with Gasteiger partial charge in [-0.2, -0.15) is 0 Å². The molecule has 15 heteroatoms. The number of rotatable bonds is 19. The van der Waals surface area contributed by atoms with E-state index < -0.39 is 16.9 Å². The van der Waals surface area contributed by atoms with Gasteiger partial charge in [0.25, 0.3) is 5.69 Å². The van der Waals surface area contributed by atoms with Crippen LogP contribution in [0.2, 0.25) is 0 Å². The molecule has 0 N–H and O–H groups in total. The van der Waals surface area contributed by atoms with E-state index >= 15 is 0 Å². The van der Waals surface area contributed by atoms with Crippen molar-refractivity contribution in [3.05, 3.63) is 74.3 Å². The molecule has 1 saturated heterocycles. The minimum atomic E-state index is -0.517. The third-order valence-electron chi connectivity index (χ3n) is 9.23. The Balaban J connectivity index is 1.21. The minimum absolute atomic E-state index is 0.0127. The zero-order valence-electron chi connectivity index (χ0n) is 32.2. The molecule has 0 unspecified atom stereocenters. The molecule has 3 aromatic carbocycles. The van der Waals surface area contributed by atoms with Gasteiger partial charge < -0.3 is 47.7 Å². The molecule has 0 amide bonds. The van der Waals surface area contributed by atoms with Gasteiger partial charge in [0.2, 0.25) is 11.5 Å². The van der Waals surface area contributed by atoms with E-state index in [0.29, 0.717) is 58.3 Å². The lowest BCUT2D eigenvalue weighted by Crippen LogP contribution is -2.32. The molecule has 1 aliphatic rings. The molecule has 0 aromatic heterocycles. The van der Waals surface area contributed by atoms with Gasteiger partial charge in [-0.1, -0.05) is 0 Å². The third-order valence-corrected chi connectivity index (χ3v) is 9.23. The van der Waals surface area contributed by atoms with Crippen LogP contribution in [0.15, 0.2) is 36.4 Å². The van der Waals surface area contributed by atoms with Crippen LogP contribution in [-0.2, 0) is 16.1 Å². The summed E-state index contributed by atoms with van der Waals surface area (Å²) in [6.07, 6.45) is 2.36. The summed E-state index contributed by atoms with van der Waals surface area (Å²) in [7, 11) is 7.44. The first kappa shape index (κ1) is 41.5. The third kappa shape index (κ3) is 10.9. The quantitative estimate of drug-likeness (QED) is 0.0642. The van der Waals surface area contributed by atoms with E-state index in [2.05, 4.69) is 9.80 Å². The Hall–Kier alpha value is -5.28. The number of methoxy groups -OCH3 is 5. The van der Waals surface area contributed by atoms with E-state index in [0.717, 1.165) is 51.3 Å². The highest BCUT2D eigenvalue weighted by atomic mass is 16.6. The van der Waals surface area contributed by atoms with Crippen molar-refractivity contribution in [3.8, 4) is 34.5 Å². The smallest absolute Gasteiger partial charge is 0.338 e. The molecule has 0 bridgehead atoms. The molecular formula is C39H51N3O12. The second-order valence-corrected chi connectivity index (χ2v) is 12.7. The lowest BCUT2D eigenvalue weighted by atomic mass is 10.0. The highest BCUT2D eigenvalue weighted by Crippen LogP contribution is 2.40. The summed E-state index contributed by atoms with van der Waals surface area (Å²) in [6, 6.07) is 9.26. The zero-order chi connectivity index (χ0) is 39.2. The number of nitrogens with zero attached hydrogens (tertiary/aromatic N) is 3. The number of nitro groups is 1. The van der Waals surface area contributed by atoms with E-state index in [1.807, 2.05) is 0 Å². The van der Waals surface area contributed by atoms with E-state index in [1.165, 1.54) is 47.7 Å². The van der Waals surface area contributed by atoms with Gasteiger partial charge in [-0.15, -0.1) is 0 Å². The van der Waals surface area contributed by atoms with E-state index in [4.69, 9.17) is 37.9 Å². The second kappa shape index (κ2) is 20.3. The van der Waals surface area contributed by atoms with Crippen LogP contribution in [0.4, 0.5) is 5.69 Å². The maximum atomic E-state index is 13.1. The van der Waals surface area contributed by atoms with Crippen molar-refractivity contribution in [1.29, 1.82) is 0 Å². The Labute approximate surface area is 316 Å². The second-order valence-electron chi connectivity index (χ2n) is 12.7. The summed E-state index contributed by atoms with van der Waals surface area (Å²) in [6.45, 7) is 9.42. The number of esters is 2. The number of aryl methyl sites for hydroxylation is 2. The molecule has 1 fully saturated rings. The Morgan fingerprint density at radius 3 is 1.48 bits per heavy atom. The number of carbonyl (C=O) groups is 2. The number of hydrogen-bond donors (Lipinski definition) is 0. The van der Waals surface area contributed by atoms with E-state index in [1.54, 1.807) is 38.1 Å². The highest BCUT2D eigenvalue weighted by Gasteiger charge is 2.22. The highest BCUT2D eigenvalue weighted by molar-refractivity contribution is 5.91. The first-order valence-electron chi connectivity index (χ1n) is 17.8. The Kier molecular flexibility index (Phi) is 15.6. The molecule has 4 rings (SSSR count). The molecule has 15 nitrogen and oxygen atoms in total. The van der Waals surface area contributed by atoms with Crippen molar-refractivity contribution in [2.24, 2.45) is 0 Å². The summed E-state index contributed by atoms with van der Waals surface area (Å²) >= 11 is 0. The largest absolute Gasteiger partial charge is 0.493 e. The number of hydrogen-bond acceptors (Lipinski definition) is 14. The average molecular weight is 754 g/mol. The molecule has 0 spiro atoms. The van der Waals surface area contributed by atoms with Gasteiger partial charge in [-0.3, -0.25) is 10.1 Å². The van der Waals surface area contributed by atoms with Crippen LogP contribution in [0.3, 0.4) is 0 Å². The normalized spacial score (nSPS) is 13.4. The van der Waals surface area contributed by atoms with Gasteiger partial charge in [0.15, 0.2) is 23.0 Å².